The third-order valence-corrected chi connectivity index (χ3v) is 4.41. The molecule has 1 aliphatic heterocycles. The van der Waals surface area contributed by atoms with Gasteiger partial charge in [0.25, 0.3) is 5.91 Å². The number of hydrogen-bond acceptors (Lipinski definition) is 4. The van der Waals surface area contributed by atoms with Crippen LogP contribution in [0.2, 0.25) is 0 Å². The van der Waals surface area contributed by atoms with Crippen molar-refractivity contribution in [3.05, 3.63) is 42.5 Å². The lowest BCUT2D eigenvalue weighted by atomic mass is 10.1. The number of anilines is 1. The summed E-state index contributed by atoms with van der Waals surface area (Å²) in [5, 5.41) is 8.89. The number of thioether (sulfide) groups is 1. The van der Waals surface area contributed by atoms with Crippen molar-refractivity contribution in [2.45, 2.75) is 12.5 Å². The highest BCUT2D eigenvalue weighted by molar-refractivity contribution is 7.99. The molecule has 0 aromatic heterocycles. The number of carbonyl (C=O) groups is 2. The van der Waals surface area contributed by atoms with E-state index in [1.165, 1.54) is 0 Å². The summed E-state index contributed by atoms with van der Waals surface area (Å²) in [6.07, 6.45) is 2.03. The topological polar surface area (TPSA) is 70.2 Å². The Labute approximate surface area is 134 Å². The van der Waals surface area contributed by atoms with Gasteiger partial charge in [0.2, 0.25) is 5.91 Å². The van der Waals surface area contributed by atoms with E-state index in [2.05, 4.69) is 22.5 Å². The van der Waals surface area contributed by atoms with E-state index < -0.39 is 0 Å². The van der Waals surface area contributed by atoms with Crippen LogP contribution in [0.15, 0.2) is 36.9 Å². The molecule has 2 amide bonds. The lowest BCUT2D eigenvalue weighted by Crippen LogP contribution is -2.40. The minimum absolute atomic E-state index is 0.0797. The number of nitrogens with one attached hydrogen (secondary N) is 3. The molecule has 2 rings (SSSR count). The second-order valence-electron chi connectivity index (χ2n) is 5.02. The van der Waals surface area contributed by atoms with Crippen LogP contribution in [0.4, 0.5) is 5.69 Å². The molecular formula is C16H21N3O2S. The molecule has 3 N–H and O–H groups in total. The van der Waals surface area contributed by atoms with Gasteiger partial charge in [-0.25, -0.2) is 0 Å². The molecule has 22 heavy (non-hydrogen) atoms. The van der Waals surface area contributed by atoms with Crippen LogP contribution in [0.5, 0.6) is 0 Å². The Morgan fingerprint density at radius 3 is 2.95 bits per heavy atom. The Morgan fingerprint density at radius 2 is 2.23 bits per heavy atom. The van der Waals surface area contributed by atoms with E-state index in [-0.39, 0.29) is 17.9 Å². The Kier molecular flexibility index (Phi) is 6.48. The fraction of sp³-hybridized carbons (Fsp3) is 0.375. The fourth-order valence-electron chi connectivity index (χ4n) is 2.23. The first-order valence-corrected chi connectivity index (χ1v) is 8.45. The molecule has 1 saturated heterocycles. The number of rotatable bonds is 6. The Hall–Kier alpha value is -1.79. The smallest absolute Gasteiger partial charge is 0.253 e. The summed E-state index contributed by atoms with van der Waals surface area (Å²) in [6, 6.07) is 7.21. The highest BCUT2D eigenvalue weighted by Gasteiger charge is 2.18. The van der Waals surface area contributed by atoms with Gasteiger partial charge in [-0.15, -0.1) is 6.58 Å². The lowest BCUT2D eigenvalue weighted by molar-refractivity contribution is -0.116. The van der Waals surface area contributed by atoms with Crippen LogP contribution < -0.4 is 16.0 Å². The quantitative estimate of drug-likeness (QED) is 0.697. The number of carbonyl (C=O) groups excluding carboxylic acids is 2. The van der Waals surface area contributed by atoms with Gasteiger partial charge in [-0.2, -0.15) is 11.8 Å². The van der Waals surface area contributed by atoms with E-state index in [9.17, 15) is 9.59 Å². The summed E-state index contributed by atoms with van der Waals surface area (Å²) < 4.78 is 0. The van der Waals surface area contributed by atoms with E-state index in [1.54, 1.807) is 30.3 Å². The monoisotopic (exact) mass is 319 g/mol. The van der Waals surface area contributed by atoms with Crippen molar-refractivity contribution in [1.82, 2.24) is 10.6 Å². The number of hydrogen-bond donors (Lipinski definition) is 3. The molecule has 118 valence electrons. The van der Waals surface area contributed by atoms with Crippen LogP contribution in [-0.2, 0) is 4.79 Å². The number of benzene rings is 1. The second-order valence-corrected chi connectivity index (χ2v) is 6.17. The van der Waals surface area contributed by atoms with E-state index >= 15 is 0 Å². The first-order chi connectivity index (χ1) is 10.7. The molecule has 6 heteroatoms. The molecule has 5 nitrogen and oxygen atoms in total. The first-order valence-electron chi connectivity index (χ1n) is 7.30. The zero-order chi connectivity index (χ0) is 15.8. The average Bonchev–Trinajstić information content (AvgIpc) is 2.54. The summed E-state index contributed by atoms with van der Waals surface area (Å²) in [6.45, 7) is 4.90. The van der Waals surface area contributed by atoms with Crippen molar-refractivity contribution in [2.24, 2.45) is 0 Å². The van der Waals surface area contributed by atoms with Gasteiger partial charge < -0.3 is 16.0 Å². The zero-order valence-corrected chi connectivity index (χ0v) is 13.2. The summed E-state index contributed by atoms with van der Waals surface area (Å²) in [5.41, 5.74) is 1.00. The van der Waals surface area contributed by atoms with Gasteiger partial charge in [0.1, 0.15) is 0 Å². The van der Waals surface area contributed by atoms with Crippen molar-refractivity contribution < 1.29 is 9.59 Å². The standard InChI is InChI=1S/C16H21N3O2S/c1-2-7-18-16(21)13-5-3-4-6-14(13)19-15(20)10-12-11-22-9-8-17-12/h2-6,12,17H,1,7-11H2,(H,18,21)(H,19,20). The molecule has 1 atom stereocenters. The van der Waals surface area contributed by atoms with Gasteiger partial charge in [-0.3, -0.25) is 9.59 Å². The van der Waals surface area contributed by atoms with Gasteiger partial charge >= 0.3 is 0 Å². The van der Waals surface area contributed by atoms with Crippen LogP contribution in [-0.4, -0.2) is 42.5 Å². The Morgan fingerprint density at radius 1 is 1.41 bits per heavy atom. The lowest BCUT2D eigenvalue weighted by Gasteiger charge is -2.22. The van der Waals surface area contributed by atoms with E-state index in [1.807, 2.05) is 11.8 Å². The molecule has 0 radical (unpaired) electrons. The van der Waals surface area contributed by atoms with Crippen molar-refractivity contribution in [2.75, 3.05) is 29.9 Å². The SMILES string of the molecule is C=CCNC(=O)c1ccccc1NC(=O)CC1CSCCN1. The van der Waals surface area contributed by atoms with Crippen LogP contribution in [0.3, 0.4) is 0 Å². The molecule has 0 spiro atoms. The molecule has 1 aromatic carbocycles. The van der Waals surface area contributed by atoms with E-state index in [0.29, 0.717) is 24.2 Å². The third kappa shape index (κ3) is 4.89. The first kappa shape index (κ1) is 16.6. The number of para-hydroxylation sites is 1. The Balaban J connectivity index is 1.97. The molecule has 0 bridgehead atoms. The molecule has 1 heterocycles. The van der Waals surface area contributed by atoms with Gasteiger partial charge in [-0.05, 0) is 12.1 Å². The highest BCUT2D eigenvalue weighted by atomic mass is 32.2. The summed E-state index contributed by atoms with van der Waals surface area (Å²) in [7, 11) is 0. The van der Waals surface area contributed by atoms with E-state index in [0.717, 1.165) is 18.1 Å². The zero-order valence-electron chi connectivity index (χ0n) is 12.4. The van der Waals surface area contributed by atoms with Crippen molar-refractivity contribution in [3.63, 3.8) is 0 Å². The molecule has 0 aliphatic carbocycles. The molecule has 1 aliphatic rings. The predicted octanol–water partition coefficient (Wildman–Crippen LogP) is 1.64. The highest BCUT2D eigenvalue weighted by Crippen LogP contribution is 2.16. The summed E-state index contributed by atoms with van der Waals surface area (Å²) in [4.78, 5) is 24.2. The molecule has 1 unspecified atom stereocenters. The maximum absolute atomic E-state index is 12.2. The molecular weight excluding hydrogens is 298 g/mol. The van der Waals surface area contributed by atoms with Crippen LogP contribution >= 0.6 is 11.8 Å². The maximum Gasteiger partial charge on any atom is 0.253 e. The maximum atomic E-state index is 12.2. The second kappa shape index (κ2) is 8.60. The normalized spacial score (nSPS) is 17.5. The summed E-state index contributed by atoms with van der Waals surface area (Å²) in [5.74, 6) is 1.73. The number of amides is 2. The molecule has 0 saturated carbocycles. The van der Waals surface area contributed by atoms with Crippen molar-refractivity contribution in [1.29, 1.82) is 0 Å². The van der Waals surface area contributed by atoms with Gasteiger partial charge in [0.15, 0.2) is 0 Å². The molecule has 1 fully saturated rings. The van der Waals surface area contributed by atoms with E-state index in [4.69, 9.17) is 0 Å². The van der Waals surface area contributed by atoms with Crippen molar-refractivity contribution >= 4 is 29.3 Å². The van der Waals surface area contributed by atoms with Gasteiger partial charge in [-0.1, -0.05) is 18.2 Å². The minimum atomic E-state index is -0.220. The largest absolute Gasteiger partial charge is 0.349 e. The van der Waals surface area contributed by atoms with Crippen LogP contribution in [0, 0.1) is 0 Å². The predicted molar refractivity (Wildman–Crippen MR) is 91.3 cm³/mol. The van der Waals surface area contributed by atoms with Crippen LogP contribution in [0.25, 0.3) is 0 Å². The average molecular weight is 319 g/mol. The van der Waals surface area contributed by atoms with Crippen molar-refractivity contribution in [3.8, 4) is 0 Å². The van der Waals surface area contributed by atoms with Crippen LogP contribution in [0.1, 0.15) is 16.8 Å². The third-order valence-electron chi connectivity index (χ3n) is 3.28. The van der Waals surface area contributed by atoms with Gasteiger partial charge in [0, 0.05) is 37.1 Å². The molecule has 1 aromatic rings. The summed E-state index contributed by atoms with van der Waals surface area (Å²) >= 11 is 1.85. The fourth-order valence-corrected chi connectivity index (χ4v) is 3.18. The minimum Gasteiger partial charge on any atom is -0.349 e. The Bertz CT molecular complexity index is 542. The van der Waals surface area contributed by atoms with Gasteiger partial charge in [0.05, 0.1) is 11.3 Å².